The summed E-state index contributed by atoms with van der Waals surface area (Å²) in [7, 11) is 1.71. The maximum Gasteiger partial charge on any atom is 0.0589 e. The molecule has 108 valence electrons. The molecule has 2 atom stereocenters. The summed E-state index contributed by atoms with van der Waals surface area (Å²) in [5.74, 6) is 0.502. The lowest BCUT2D eigenvalue weighted by Gasteiger charge is -2.35. The van der Waals surface area contributed by atoms with Gasteiger partial charge in [-0.1, -0.05) is 6.92 Å². The van der Waals surface area contributed by atoms with Crippen LogP contribution in [0.15, 0.2) is 0 Å². The standard InChI is InChI=1S/C13H28N2O3/c1-3-14-13-4-8-18-11-12(13)10-15(5-7-16)6-9-17-2/h12-14,16H,3-11H2,1-2H3. The topological polar surface area (TPSA) is 54.0 Å². The summed E-state index contributed by atoms with van der Waals surface area (Å²) in [6.07, 6.45) is 1.08. The molecular formula is C13H28N2O3. The van der Waals surface area contributed by atoms with Gasteiger partial charge in [0.25, 0.3) is 0 Å². The van der Waals surface area contributed by atoms with E-state index < -0.39 is 0 Å². The van der Waals surface area contributed by atoms with Crippen molar-refractivity contribution in [2.75, 3.05) is 59.7 Å². The number of hydrogen-bond donors (Lipinski definition) is 2. The summed E-state index contributed by atoms with van der Waals surface area (Å²) >= 11 is 0. The van der Waals surface area contributed by atoms with Crippen LogP contribution in [0.1, 0.15) is 13.3 Å². The van der Waals surface area contributed by atoms with Crippen molar-refractivity contribution < 1.29 is 14.6 Å². The molecule has 0 amide bonds. The third kappa shape index (κ3) is 5.63. The Balaban J connectivity index is 2.42. The Morgan fingerprint density at radius 3 is 2.94 bits per heavy atom. The van der Waals surface area contributed by atoms with Crippen LogP contribution >= 0.6 is 0 Å². The SMILES string of the molecule is CCNC1CCOCC1CN(CCO)CCOC. The molecule has 5 heteroatoms. The molecule has 1 rings (SSSR count). The van der Waals surface area contributed by atoms with E-state index in [4.69, 9.17) is 14.6 Å². The van der Waals surface area contributed by atoms with Gasteiger partial charge in [0.05, 0.1) is 19.8 Å². The Hall–Kier alpha value is -0.200. The maximum atomic E-state index is 9.11. The third-order valence-electron chi connectivity index (χ3n) is 3.46. The van der Waals surface area contributed by atoms with Gasteiger partial charge in [0.2, 0.25) is 0 Å². The average Bonchev–Trinajstić information content (AvgIpc) is 2.39. The minimum atomic E-state index is 0.198. The Labute approximate surface area is 110 Å². The van der Waals surface area contributed by atoms with Crippen LogP contribution in [-0.2, 0) is 9.47 Å². The minimum Gasteiger partial charge on any atom is -0.395 e. The lowest BCUT2D eigenvalue weighted by Crippen LogP contribution is -2.48. The van der Waals surface area contributed by atoms with Gasteiger partial charge >= 0.3 is 0 Å². The second-order valence-corrected chi connectivity index (χ2v) is 4.80. The van der Waals surface area contributed by atoms with Crippen molar-refractivity contribution in [2.24, 2.45) is 5.92 Å². The maximum absolute atomic E-state index is 9.11. The van der Waals surface area contributed by atoms with Gasteiger partial charge < -0.3 is 19.9 Å². The third-order valence-corrected chi connectivity index (χ3v) is 3.46. The number of ether oxygens (including phenoxy) is 2. The molecule has 5 nitrogen and oxygen atoms in total. The molecule has 0 bridgehead atoms. The van der Waals surface area contributed by atoms with Gasteiger partial charge in [0.15, 0.2) is 0 Å². The second-order valence-electron chi connectivity index (χ2n) is 4.80. The van der Waals surface area contributed by atoms with Gasteiger partial charge in [-0.3, -0.25) is 4.90 Å². The van der Waals surface area contributed by atoms with Crippen LogP contribution in [0.5, 0.6) is 0 Å². The normalized spacial score (nSPS) is 24.7. The molecule has 1 fully saturated rings. The molecule has 1 heterocycles. The lowest BCUT2D eigenvalue weighted by molar-refractivity contribution is 0.0112. The van der Waals surface area contributed by atoms with Crippen molar-refractivity contribution >= 4 is 0 Å². The van der Waals surface area contributed by atoms with Crippen LogP contribution in [0.25, 0.3) is 0 Å². The van der Waals surface area contributed by atoms with Gasteiger partial charge in [0, 0.05) is 45.3 Å². The largest absolute Gasteiger partial charge is 0.395 e. The van der Waals surface area contributed by atoms with Gasteiger partial charge in [-0.05, 0) is 13.0 Å². The highest BCUT2D eigenvalue weighted by Crippen LogP contribution is 2.16. The number of aliphatic hydroxyl groups is 1. The molecule has 0 aliphatic carbocycles. The highest BCUT2D eigenvalue weighted by atomic mass is 16.5. The molecule has 1 aliphatic heterocycles. The van der Waals surface area contributed by atoms with E-state index in [1.54, 1.807) is 7.11 Å². The zero-order chi connectivity index (χ0) is 13.2. The van der Waals surface area contributed by atoms with E-state index in [1.165, 1.54) is 0 Å². The van der Waals surface area contributed by atoms with E-state index in [1.807, 2.05) is 0 Å². The summed E-state index contributed by atoms with van der Waals surface area (Å²) in [6, 6.07) is 0.535. The van der Waals surface area contributed by atoms with E-state index in [9.17, 15) is 0 Å². The van der Waals surface area contributed by atoms with E-state index in [2.05, 4.69) is 17.1 Å². The zero-order valence-electron chi connectivity index (χ0n) is 11.7. The number of aliphatic hydroxyl groups excluding tert-OH is 1. The van der Waals surface area contributed by atoms with Crippen molar-refractivity contribution in [3.63, 3.8) is 0 Å². The van der Waals surface area contributed by atoms with Crippen LogP contribution in [0.3, 0.4) is 0 Å². The van der Waals surface area contributed by atoms with Crippen molar-refractivity contribution in [3.8, 4) is 0 Å². The fraction of sp³-hybridized carbons (Fsp3) is 1.00. The molecular weight excluding hydrogens is 232 g/mol. The summed E-state index contributed by atoms with van der Waals surface area (Å²) in [4.78, 5) is 2.26. The molecule has 2 N–H and O–H groups in total. The van der Waals surface area contributed by atoms with Crippen molar-refractivity contribution in [3.05, 3.63) is 0 Å². The second kappa shape index (κ2) is 9.69. The first kappa shape index (κ1) is 15.9. The van der Waals surface area contributed by atoms with E-state index in [0.717, 1.165) is 39.3 Å². The van der Waals surface area contributed by atoms with Crippen molar-refractivity contribution in [1.82, 2.24) is 10.2 Å². The molecule has 2 unspecified atom stereocenters. The van der Waals surface area contributed by atoms with Gasteiger partial charge in [-0.25, -0.2) is 0 Å². The molecule has 1 aliphatic rings. The number of nitrogens with zero attached hydrogens (tertiary/aromatic N) is 1. The molecule has 0 aromatic heterocycles. The van der Waals surface area contributed by atoms with Crippen LogP contribution in [-0.4, -0.2) is 75.8 Å². The molecule has 0 aromatic rings. The molecule has 0 aromatic carbocycles. The predicted molar refractivity (Wildman–Crippen MR) is 71.8 cm³/mol. The number of hydrogen-bond acceptors (Lipinski definition) is 5. The number of nitrogens with one attached hydrogen (secondary N) is 1. The first-order chi connectivity index (χ1) is 8.81. The predicted octanol–water partition coefficient (Wildman–Crippen LogP) is -0.0583. The Bertz CT molecular complexity index is 203. The molecule has 0 radical (unpaired) electrons. The van der Waals surface area contributed by atoms with Crippen LogP contribution in [0.2, 0.25) is 0 Å². The fourth-order valence-electron chi connectivity index (χ4n) is 2.50. The summed E-state index contributed by atoms with van der Waals surface area (Å²) in [6.45, 7) is 8.25. The van der Waals surface area contributed by atoms with Crippen LogP contribution in [0.4, 0.5) is 0 Å². The van der Waals surface area contributed by atoms with Gasteiger partial charge in [-0.2, -0.15) is 0 Å². The van der Waals surface area contributed by atoms with E-state index in [0.29, 0.717) is 25.1 Å². The molecule has 0 saturated carbocycles. The Morgan fingerprint density at radius 2 is 2.28 bits per heavy atom. The quantitative estimate of drug-likeness (QED) is 0.608. The zero-order valence-corrected chi connectivity index (χ0v) is 11.7. The first-order valence-corrected chi connectivity index (χ1v) is 6.95. The molecule has 0 spiro atoms. The average molecular weight is 260 g/mol. The summed E-state index contributed by atoms with van der Waals surface area (Å²) < 4.78 is 10.7. The first-order valence-electron chi connectivity index (χ1n) is 6.95. The lowest BCUT2D eigenvalue weighted by atomic mass is 9.95. The summed E-state index contributed by atoms with van der Waals surface area (Å²) in [5, 5.41) is 12.6. The Morgan fingerprint density at radius 1 is 1.44 bits per heavy atom. The number of methoxy groups -OCH3 is 1. The fourth-order valence-corrected chi connectivity index (χ4v) is 2.50. The molecule has 18 heavy (non-hydrogen) atoms. The highest BCUT2D eigenvalue weighted by molar-refractivity contribution is 4.81. The number of rotatable bonds is 9. The highest BCUT2D eigenvalue weighted by Gasteiger charge is 2.26. The van der Waals surface area contributed by atoms with Gasteiger partial charge in [0.1, 0.15) is 0 Å². The van der Waals surface area contributed by atoms with Crippen molar-refractivity contribution in [2.45, 2.75) is 19.4 Å². The van der Waals surface area contributed by atoms with Crippen molar-refractivity contribution in [1.29, 1.82) is 0 Å². The monoisotopic (exact) mass is 260 g/mol. The van der Waals surface area contributed by atoms with E-state index in [-0.39, 0.29) is 6.61 Å². The minimum absolute atomic E-state index is 0.198. The summed E-state index contributed by atoms with van der Waals surface area (Å²) in [5.41, 5.74) is 0. The van der Waals surface area contributed by atoms with Crippen LogP contribution in [0, 0.1) is 5.92 Å². The Kier molecular flexibility index (Phi) is 8.54. The van der Waals surface area contributed by atoms with E-state index >= 15 is 0 Å². The van der Waals surface area contributed by atoms with Crippen LogP contribution < -0.4 is 5.32 Å². The molecule has 1 saturated heterocycles. The smallest absolute Gasteiger partial charge is 0.0589 e. The van der Waals surface area contributed by atoms with Gasteiger partial charge in [-0.15, -0.1) is 0 Å².